The Labute approximate surface area is 148 Å². The van der Waals surface area contributed by atoms with Crippen LogP contribution in [0.15, 0.2) is 52.1 Å². The van der Waals surface area contributed by atoms with Crippen LogP contribution in [0.5, 0.6) is 0 Å². The molecular weight excluding hydrogens is 338 g/mol. The Morgan fingerprint density at radius 1 is 1.32 bits per heavy atom. The Balaban J connectivity index is 1.55. The highest BCUT2D eigenvalue weighted by Crippen LogP contribution is 2.22. The summed E-state index contributed by atoms with van der Waals surface area (Å²) in [5.41, 5.74) is 1.04. The van der Waals surface area contributed by atoms with E-state index < -0.39 is 5.92 Å². The quantitative estimate of drug-likeness (QED) is 0.724. The van der Waals surface area contributed by atoms with Gasteiger partial charge in [0, 0.05) is 20.0 Å². The molecule has 0 spiro atoms. The standard InChI is InChI=1S/C18H17N3O3S/c1-20-14-6-2-3-7-15(14)25-18(20)19-17(23)12-9-16(22)21(10-12)11-13-5-4-8-24-13/h2-8,12H,9-11H2,1H3/t12-/m1/s1. The molecule has 25 heavy (non-hydrogen) atoms. The Kier molecular flexibility index (Phi) is 4.01. The first kappa shape index (κ1) is 15.8. The third-order valence-electron chi connectivity index (χ3n) is 4.41. The lowest BCUT2D eigenvalue weighted by Gasteiger charge is -2.13. The predicted octanol–water partition coefficient (Wildman–Crippen LogP) is 2.31. The fraction of sp³-hybridized carbons (Fsp3) is 0.278. The van der Waals surface area contributed by atoms with E-state index in [-0.39, 0.29) is 18.2 Å². The van der Waals surface area contributed by atoms with Crippen LogP contribution in [0.4, 0.5) is 0 Å². The third kappa shape index (κ3) is 3.02. The number of rotatable bonds is 3. The second kappa shape index (κ2) is 6.33. The van der Waals surface area contributed by atoms with Crippen LogP contribution in [0.25, 0.3) is 10.2 Å². The summed E-state index contributed by atoms with van der Waals surface area (Å²) in [7, 11) is 1.90. The molecule has 6 nitrogen and oxygen atoms in total. The van der Waals surface area contributed by atoms with Crippen LogP contribution in [0, 0.1) is 5.92 Å². The summed E-state index contributed by atoms with van der Waals surface area (Å²) in [6.07, 6.45) is 1.78. The van der Waals surface area contributed by atoms with Crippen molar-refractivity contribution in [2.24, 2.45) is 18.0 Å². The number of amides is 2. The van der Waals surface area contributed by atoms with Crippen LogP contribution in [0.3, 0.4) is 0 Å². The van der Waals surface area contributed by atoms with Crippen molar-refractivity contribution in [1.29, 1.82) is 0 Å². The number of hydrogen-bond acceptors (Lipinski definition) is 4. The van der Waals surface area contributed by atoms with E-state index in [1.54, 1.807) is 17.2 Å². The number of hydrogen-bond donors (Lipinski definition) is 0. The molecule has 4 rings (SSSR count). The molecule has 0 bridgehead atoms. The van der Waals surface area contributed by atoms with Gasteiger partial charge in [0.15, 0.2) is 4.80 Å². The average molecular weight is 355 g/mol. The molecular formula is C18H17N3O3S. The first-order valence-electron chi connectivity index (χ1n) is 8.05. The zero-order valence-electron chi connectivity index (χ0n) is 13.7. The van der Waals surface area contributed by atoms with Crippen molar-refractivity contribution in [1.82, 2.24) is 9.47 Å². The summed E-state index contributed by atoms with van der Waals surface area (Å²) in [4.78, 5) is 31.3. The molecule has 1 atom stereocenters. The van der Waals surface area contributed by atoms with Crippen LogP contribution in [0.2, 0.25) is 0 Å². The van der Waals surface area contributed by atoms with Gasteiger partial charge in [-0.05, 0) is 24.3 Å². The normalized spacial score (nSPS) is 18.4. The summed E-state index contributed by atoms with van der Waals surface area (Å²) in [6.45, 7) is 0.781. The van der Waals surface area contributed by atoms with Crippen molar-refractivity contribution in [3.8, 4) is 0 Å². The van der Waals surface area contributed by atoms with Crippen LogP contribution < -0.4 is 4.80 Å². The van der Waals surface area contributed by atoms with Gasteiger partial charge in [-0.15, -0.1) is 0 Å². The van der Waals surface area contributed by atoms with Crippen molar-refractivity contribution in [2.75, 3.05) is 6.54 Å². The lowest BCUT2D eigenvalue weighted by Crippen LogP contribution is -2.26. The maximum atomic E-state index is 12.6. The molecule has 0 N–H and O–H groups in total. The van der Waals surface area contributed by atoms with E-state index in [0.717, 1.165) is 10.2 Å². The lowest BCUT2D eigenvalue weighted by molar-refractivity contribution is -0.129. The van der Waals surface area contributed by atoms with Crippen LogP contribution in [-0.4, -0.2) is 27.8 Å². The molecule has 128 valence electrons. The number of thiazole rings is 1. The number of likely N-dealkylation sites (tertiary alicyclic amines) is 1. The van der Waals surface area contributed by atoms with E-state index in [1.807, 2.05) is 41.9 Å². The highest BCUT2D eigenvalue weighted by molar-refractivity contribution is 7.16. The molecule has 1 aromatic carbocycles. The molecule has 1 fully saturated rings. The molecule has 3 aromatic rings. The largest absolute Gasteiger partial charge is 0.467 e. The van der Waals surface area contributed by atoms with Gasteiger partial charge in [-0.2, -0.15) is 4.99 Å². The molecule has 3 heterocycles. The number of carbonyl (C=O) groups is 2. The van der Waals surface area contributed by atoms with E-state index in [9.17, 15) is 9.59 Å². The fourth-order valence-corrected chi connectivity index (χ4v) is 4.08. The van der Waals surface area contributed by atoms with Gasteiger partial charge in [-0.3, -0.25) is 9.59 Å². The number of furan rings is 1. The lowest BCUT2D eigenvalue weighted by atomic mass is 10.1. The minimum Gasteiger partial charge on any atom is -0.467 e. The number of benzene rings is 1. The summed E-state index contributed by atoms with van der Waals surface area (Å²) in [5.74, 6) is 0.0464. The zero-order chi connectivity index (χ0) is 17.4. The summed E-state index contributed by atoms with van der Waals surface area (Å²) in [6, 6.07) is 11.5. The molecule has 1 aliphatic heterocycles. The van der Waals surface area contributed by atoms with Gasteiger partial charge in [0.1, 0.15) is 5.76 Å². The molecule has 0 radical (unpaired) electrons. The van der Waals surface area contributed by atoms with Gasteiger partial charge in [0.2, 0.25) is 5.91 Å². The van der Waals surface area contributed by atoms with E-state index >= 15 is 0 Å². The molecule has 1 saturated heterocycles. The maximum Gasteiger partial charge on any atom is 0.253 e. The second-order valence-electron chi connectivity index (χ2n) is 6.12. The van der Waals surface area contributed by atoms with Crippen LogP contribution in [-0.2, 0) is 23.2 Å². The van der Waals surface area contributed by atoms with E-state index in [4.69, 9.17) is 4.42 Å². The Hall–Kier alpha value is -2.67. The first-order valence-corrected chi connectivity index (χ1v) is 8.87. The van der Waals surface area contributed by atoms with Gasteiger partial charge in [-0.1, -0.05) is 23.5 Å². The number of nitrogens with zero attached hydrogens (tertiary/aromatic N) is 3. The molecule has 2 aromatic heterocycles. The topological polar surface area (TPSA) is 67.8 Å². The highest BCUT2D eigenvalue weighted by Gasteiger charge is 2.34. The van der Waals surface area contributed by atoms with E-state index in [2.05, 4.69) is 4.99 Å². The number of para-hydroxylation sites is 1. The Bertz CT molecular complexity index is 1000. The number of aromatic nitrogens is 1. The number of carbonyl (C=O) groups excluding carboxylic acids is 2. The highest BCUT2D eigenvalue weighted by atomic mass is 32.1. The van der Waals surface area contributed by atoms with Crippen molar-refractivity contribution in [3.05, 3.63) is 53.2 Å². The minimum absolute atomic E-state index is 0.0364. The minimum atomic E-state index is -0.396. The first-order chi connectivity index (χ1) is 12.1. The smallest absolute Gasteiger partial charge is 0.253 e. The zero-order valence-corrected chi connectivity index (χ0v) is 14.5. The molecule has 0 aliphatic carbocycles. The molecule has 7 heteroatoms. The van der Waals surface area contributed by atoms with Crippen LogP contribution in [0.1, 0.15) is 12.2 Å². The van der Waals surface area contributed by atoms with Crippen molar-refractivity contribution >= 4 is 33.4 Å². The monoisotopic (exact) mass is 355 g/mol. The summed E-state index contributed by atoms with van der Waals surface area (Å²) < 4.78 is 8.27. The molecule has 1 aliphatic rings. The fourth-order valence-electron chi connectivity index (χ4n) is 3.05. The van der Waals surface area contributed by atoms with Gasteiger partial charge in [0.05, 0.1) is 28.9 Å². The molecule has 0 saturated carbocycles. The Morgan fingerprint density at radius 2 is 2.16 bits per heavy atom. The van der Waals surface area contributed by atoms with E-state index in [0.29, 0.717) is 23.7 Å². The van der Waals surface area contributed by atoms with Gasteiger partial charge in [0.25, 0.3) is 5.91 Å². The average Bonchev–Trinajstić information content (AvgIpc) is 3.31. The van der Waals surface area contributed by atoms with E-state index in [1.165, 1.54) is 11.3 Å². The predicted molar refractivity (Wildman–Crippen MR) is 93.6 cm³/mol. The number of fused-ring (bicyclic) bond motifs is 1. The second-order valence-corrected chi connectivity index (χ2v) is 7.13. The maximum absolute atomic E-state index is 12.6. The van der Waals surface area contributed by atoms with Gasteiger partial charge < -0.3 is 13.9 Å². The van der Waals surface area contributed by atoms with Crippen molar-refractivity contribution in [3.63, 3.8) is 0 Å². The summed E-state index contributed by atoms with van der Waals surface area (Å²) >= 11 is 1.48. The van der Waals surface area contributed by atoms with Gasteiger partial charge in [-0.25, -0.2) is 0 Å². The molecule has 0 unspecified atom stereocenters. The Morgan fingerprint density at radius 3 is 2.92 bits per heavy atom. The summed E-state index contributed by atoms with van der Waals surface area (Å²) in [5, 5.41) is 0. The van der Waals surface area contributed by atoms with Crippen molar-refractivity contribution < 1.29 is 14.0 Å². The van der Waals surface area contributed by atoms with Crippen LogP contribution >= 0.6 is 11.3 Å². The van der Waals surface area contributed by atoms with Crippen molar-refractivity contribution in [2.45, 2.75) is 13.0 Å². The number of aryl methyl sites for hydroxylation is 1. The third-order valence-corrected chi connectivity index (χ3v) is 5.52. The molecule has 2 amide bonds. The van der Waals surface area contributed by atoms with Gasteiger partial charge >= 0.3 is 0 Å². The SMILES string of the molecule is Cn1c(=NC(=O)[C@@H]2CC(=O)N(Cc3ccco3)C2)sc2ccccc21.